The number of hydrogen-bond donors (Lipinski definition) is 0. The fourth-order valence-corrected chi connectivity index (χ4v) is 4.80. The average Bonchev–Trinajstić information content (AvgIpc) is 2.98. The van der Waals surface area contributed by atoms with E-state index < -0.39 is 15.8 Å². The third kappa shape index (κ3) is 5.10. The van der Waals surface area contributed by atoms with Gasteiger partial charge in [-0.2, -0.15) is 4.31 Å². The smallest absolute Gasteiger partial charge is 0.243 e. The van der Waals surface area contributed by atoms with Crippen molar-refractivity contribution in [2.45, 2.75) is 24.7 Å². The summed E-state index contributed by atoms with van der Waals surface area (Å²) in [7, 11) is -3.87. The molecule has 3 aromatic rings. The Kier molecular flexibility index (Phi) is 6.31. The molecule has 0 unspecified atom stereocenters. The summed E-state index contributed by atoms with van der Waals surface area (Å²) in [6.07, 6.45) is 0. The maximum absolute atomic E-state index is 13.6. The van der Waals surface area contributed by atoms with Crippen LogP contribution in [-0.2, 0) is 34.5 Å². The minimum Gasteiger partial charge on any atom is -0.492 e. The van der Waals surface area contributed by atoms with Crippen molar-refractivity contribution in [3.63, 3.8) is 0 Å². The molecule has 0 radical (unpaired) electrons. The standard InChI is InChI=1S/C23H21F2NO4S/c24-20-7-4-17(5-8-20)15-29-16-18-6-9-23-19(12-18)14-26(10-11-30-23)31(27,28)22-3-1-2-21(25)13-22/h1-9,12-13H,10-11,14-16H2. The molecule has 0 amide bonds. The van der Waals surface area contributed by atoms with Crippen LogP contribution in [0.5, 0.6) is 5.75 Å². The number of sulfonamides is 1. The van der Waals surface area contributed by atoms with Crippen molar-refractivity contribution < 1.29 is 26.7 Å². The van der Waals surface area contributed by atoms with E-state index in [9.17, 15) is 17.2 Å². The van der Waals surface area contributed by atoms with Gasteiger partial charge in [-0.3, -0.25) is 0 Å². The third-order valence-electron chi connectivity index (χ3n) is 4.95. The van der Waals surface area contributed by atoms with Gasteiger partial charge < -0.3 is 9.47 Å². The zero-order chi connectivity index (χ0) is 21.8. The number of hydrogen-bond acceptors (Lipinski definition) is 4. The van der Waals surface area contributed by atoms with Gasteiger partial charge in [-0.15, -0.1) is 0 Å². The van der Waals surface area contributed by atoms with Crippen LogP contribution in [0, 0.1) is 11.6 Å². The van der Waals surface area contributed by atoms with E-state index in [1.54, 1.807) is 18.2 Å². The van der Waals surface area contributed by atoms with Crippen LogP contribution < -0.4 is 4.74 Å². The first-order chi connectivity index (χ1) is 14.9. The summed E-state index contributed by atoms with van der Waals surface area (Å²) in [4.78, 5) is -0.0882. The topological polar surface area (TPSA) is 55.8 Å². The Balaban J connectivity index is 1.48. The first-order valence-corrected chi connectivity index (χ1v) is 11.2. The number of rotatable bonds is 6. The van der Waals surface area contributed by atoms with Gasteiger partial charge in [0.1, 0.15) is 24.0 Å². The van der Waals surface area contributed by atoms with Gasteiger partial charge in [-0.25, -0.2) is 17.2 Å². The Morgan fingerprint density at radius 3 is 2.42 bits per heavy atom. The van der Waals surface area contributed by atoms with Gasteiger partial charge in [0.25, 0.3) is 0 Å². The lowest BCUT2D eigenvalue weighted by molar-refractivity contribution is 0.107. The fraction of sp³-hybridized carbons (Fsp3) is 0.217. The molecule has 0 spiro atoms. The van der Waals surface area contributed by atoms with Crippen LogP contribution >= 0.6 is 0 Å². The summed E-state index contributed by atoms with van der Waals surface area (Å²) in [5.41, 5.74) is 2.42. The molecular weight excluding hydrogens is 424 g/mol. The molecule has 1 aliphatic heterocycles. The lowest BCUT2D eigenvalue weighted by Crippen LogP contribution is -2.32. The third-order valence-corrected chi connectivity index (χ3v) is 6.80. The molecule has 3 aromatic carbocycles. The summed E-state index contributed by atoms with van der Waals surface area (Å²) in [5, 5.41) is 0. The highest BCUT2D eigenvalue weighted by Gasteiger charge is 2.28. The highest BCUT2D eigenvalue weighted by molar-refractivity contribution is 7.89. The maximum Gasteiger partial charge on any atom is 0.243 e. The molecule has 0 fully saturated rings. The Labute approximate surface area is 179 Å². The molecule has 5 nitrogen and oxygen atoms in total. The van der Waals surface area contributed by atoms with Crippen molar-refractivity contribution in [3.8, 4) is 5.75 Å². The number of halogens is 2. The highest BCUT2D eigenvalue weighted by Crippen LogP contribution is 2.28. The molecule has 0 N–H and O–H groups in total. The summed E-state index contributed by atoms with van der Waals surface area (Å²) in [6, 6.07) is 16.6. The van der Waals surface area contributed by atoms with Crippen LogP contribution in [-0.4, -0.2) is 25.9 Å². The van der Waals surface area contributed by atoms with Crippen LogP contribution in [0.15, 0.2) is 71.6 Å². The molecule has 0 bridgehead atoms. The number of fused-ring (bicyclic) bond motifs is 1. The summed E-state index contributed by atoms with van der Waals surface area (Å²) >= 11 is 0. The predicted octanol–water partition coefficient (Wildman–Crippen LogP) is 4.26. The van der Waals surface area contributed by atoms with Crippen molar-refractivity contribution in [1.82, 2.24) is 4.31 Å². The average molecular weight is 445 g/mol. The fourth-order valence-electron chi connectivity index (χ4n) is 3.36. The van der Waals surface area contributed by atoms with Crippen LogP contribution in [0.3, 0.4) is 0 Å². The second-order valence-electron chi connectivity index (χ2n) is 7.21. The van der Waals surface area contributed by atoms with Crippen LogP contribution in [0.4, 0.5) is 8.78 Å². The van der Waals surface area contributed by atoms with Crippen LogP contribution in [0.1, 0.15) is 16.7 Å². The Morgan fingerprint density at radius 1 is 0.903 bits per heavy atom. The zero-order valence-corrected chi connectivity index (χ0v) is 17.4. The van der Waals surface area contributed by atoms with E-state index in [2.05, 4.69) is 0 Å². The van der Waals surface area contributed by atoms with Crippen molar-refractivity contribution in [2.24, 2.45) is 0 Å². The van der Waals surface area contributed by atoms with Gasteiger partial charge in [0.05, 0.1) is 18.1 Å². The quantitative estimate of drug-likeness (QED) is 0.569. The zero-order valence-electron chi connectivity index (χ0n) is 16.6. The number of benzene rings is 3. The summed E-state index contributed by atoms with van der Waals surface area (Å²) < 4.78 is 65.2. The van der Waals surface area contributed by atoms with E-state index in [-0.39, 0.29) is 30.4 Å². The van der Waals surface area contributed by atoms with E-state index in [0.717, 1.165) is 17.2 Å². The monoisotopic (exact) mass is 445 g/mol. The molecule has 31 heavy (non-hydrogen) atoms. The number of nitrogens with zero attached hydrogens (tertiary/aromatic N) is 1. The molecule has 1 heterocycles. The molecule has 0 atom stereocenters. The Morgan fingerprint density at radius 2 is 1.65 bits per heavy atom. The largest absolute Gasteiger partial charge is 0.492 e. The van der Waals surface area contributed by atoms with E-state index in [0.29, 0.717) is 24.5 Å². The minimum atomic E-state index is -3.87. The molecule has 162 valence electrons. The second-order valence-corrected chi connectivity index (χ2v) is 9.14. The normalized spacial score (nSPS) is 14.5. The van der Waals surface area contributed by atoms with E-state index in [1.807, 2.05) is 12.1 Å². The molecule has 1 aliphatic rings. The van der Waals surface area contributed by atoms with Crippen molar-refractivity contribution >= 4 is 10.0 Å². The van der Waals surface area contributed by atoms with Gasteiger partial charge in [0, 0.05) is 18.7 Å². The predicted molar refractivity (Wildman–Crippen MR) is 111 cm³/mol. The molecule has 0 aromatic heterocycles. The van der Waals surface area contributed by atoms with Gasteiger partial charge in [0.15, 0.2) is 0 Å². The Hall–Kier alpha value is -2.81. The molecule has 8 heteroatoms. The maximum atomic E-state index is 13.6. The van der Waals surface area contributed by atoms with Crippen molar-refractivity contribution in [2.75, 3.05) is 13.2 Å². The van der Waals surface area contributed by atoms with Crippen LogP contribution in [0.2, 0.25) is 0 Å². The lowest BCUT2D eigenvalue weighted by atomic mass is 10.1. The second kappa shape index (κ2) is 9.13. The molecule has 0 saturated heterocycles. The van der Waals surface area contributed by atoms with E-state index in [4.69, 9.17) is 9.47 Å². The summed E-state index contributed by atoms with van der Waals surface area (Å²) in [5.74, 6) is -0.292. The van der Waals surface area contributed by atoms with Gasteiger partial charge in [-0.05, 0) is 53.6 Å². The SMILES string of the molecule is O=S(=O)(c1cccc(F)c1)N1CCOc2ccc(COCc3ccc(F)cc3)cc2C1. The molecule has 4 rings (SSSR count). The first-order valence-electron chi connectivity index (χ1n) is 9.74. The molecule has 0 saturated carbocycles. The Bertz CT molecular complexity index is 1170. The highest BCUT2D eigenvalue weighted by atomic mass is 32.2. The van der Waals surface area contributed by atoms with Gasteiger partial charge >= 0.3 is 0 Å². The van der Waals surface area contributed by atoms with E-state index >= 15 is 0 Å². The van der Waals surface area contributed by atoms with Crippen molar-refractivity contribution in [3.05, 3.63) is 95.1 Å². The van der Waals surface area contributed by atoms with Gasteiger partial charge in [-0.1, -0.05) is 24.3 Å². The van der Waals surface area contributed by atoms with Gasteiger partial charge in [0.2, 0.25) is 10.0 Å². The lowest BCUT2D eigenvalue weighted by Gasteiger charge is -2.19. The molecular formula is C23H21F2NO4S. The minimum absolute atomic E-state index is 0.0882. The van der Waals surface area contributed by atoms with Crippen LogP contribution in [0.25, 0.3) is 0 Å². The van der Waals surface area contributed by atoms with Crippen molar-refractivity contribution in [1.29, 1.82) is 0 Å². The first kappa shape index (κ1) is 21.4. The van der Waals surface area contributed by atoms with E-state index in [1.165, 1.54) is 34.6 Å². The number of ether oxygens (including phenoxy) is 2. The molecule has 0 aliphatic carbocycles. The summed E-state index contributed by atoms with van der Waals surface area (Å²) in [6.45, 7) is 1.10.